The first-order valence-electron chi connectivity index (χ1n) is 8.84. The van der Waals surface area contributed by atoms with E-state index >= 15 is 0 Å². The molecule has 0 N–H and O–H groups in total. The number of hydrogen-bond donors (Lipinski definition) is 0. The predicted octanol–water partition coefficient (Wildman–Crippen LogP) is 6.81. The van der Waals surface area contributed by atoms with E-state index < -0.39 is 0 Å². The Morgan fingerprint density at radius 1 is 0.840 bits per heavy atom. The zero-order chi connectivity index (χ0) is 17.7. The standard InChI is InChI=1S/C23H24OS/c1-13-17-8-6-10-19(13)22-15(3)24-16(4)23(22)20-11-7-9-18(14(20)2)21(12-17)25-5/h6-11,21H,12H2,1-5H3. The molecule has 4 rings (SSSR count). The van der Waals surface area contributed by atoms with Gasteiger partial charge < -0.3 is 4.42 Å². The zero-order valence-corrected chi connectivity index (χ0v) is 16.4. The molecule has 1 atom stereocenters. The van der Waals surface area contributed by atoms with Crippen LogP contribution in [0.2, 0.25) is 0 Å². The Labute approximate surface area is 154 Å². The largest absolute Gasteiger partial charge is 0.465 e. The van der Waals surface area contributed by atoms with Crippen LogP contribution in [0.15, 0.2) is 40.8 Å². The topological polar surface area (TPSA) is 13.1 Å². The lowest BCUT2D eigenvalue weighted by molar-refractivity contribution is 0.506. The van der Waals surface area contributed by atoms with Gasteiger partial charge in [0.1, 0.15) is 11.5 Å². The molecule has 1 aliphatic rings. The highest BCUT2D eigenvalue weighted by Gasteiger charge is 2.25. The van der Waals surface area contributed by atoms with Crippen molar-refractivity contribution < 1.29 is 4.42 Å². The van der Waals surface area contributed by atoms with Crippen LogP contribution in [0, 0.1) is 27.7 Å². The second-order valence-corrected chi connectivity index (χ2v) is 8.04. The predicted molar refractivity (Wildman–Crippen MR) is 108 cm³/mol. The number of aryl methyl sites for hydroxylation is 2. The van der Waals surface area contributed by atoms with Crippen molar-refractivity contribution in [1.82, 2.24) is 0 Å². The molecule has 0 radical (unpaired) electrons. The van der Waals surface area contributed by atoms with Gasteiger partial charge in [0.05, 0.1) is 0 Å². The molecule has 0 saturated carbocycles. The van der Waals surface area contributed by atoms with Gasteiger partial charge in [-0.25, -0.2) is 0 Å². The molecule has 1 aliphatic carbocycles. The van der Waals surface area contributed by atoms with E-state index in [1.54, 1.807) is 0 Å². The van der Waals surface area contributed by atoms with E-state index in [9.17, 15) is 0 Å². The Balaban J connectivity index is 2.17. The molecule has 1 nitrogen and oxygen atoms in total. The van der Waals surface area contributed by atoms with E-state index in [0.29, 0.717) is 5.25 Å². The number of furan rings is 1. The normalized spacial score (nSPS) is 15.8. The summed E-state index contributed by atoms with van der Waals surface area (Å²) in [6.07, 6.45) is 3.29. The Morgan fingerprint density at radius 3 is 2.08 bits per heavy atom. The third-order valence-corrected chi connectivity index (χ3v) is 6.65. The van der Waals surface area contributed by atoms with Gasteiger partial charge in [-0.2, -0.15) is 11.8 Å². The van der Waals surface area contributed by atoms with E-state index in [0.717, 1.165) is 17.9 Å². The van der Waals surface area contributed by atoms with Gasteiger partial charge in [-0.3, -0.25) is 0 Å². The number of fused-ring (bicyclic) bond motifs is 7. The summed E-state index contributed by atoms with van der Waals surface area (Å²) in [5.41, 5.74) is 10.8. The summed E-state index contributed by atoms with van der Waals surface area (Å²) in [6, 6.07) is 13.5. The zero-order valence-electron chi connectivity index (χ0n) is 15.6. The quantitative estimate of drug-likeness (QED) is 0.479. The maximum Gasteiger partial charge on any atom is 0.109 e. The maximum atomic E-state index is 6.11. The van der Waals surface area contributed by atoms with Crippen molar-refractivity contribution in [3.05, 3.63) is 70.2 Å². The van der Waals surface area contributed by atoms with Crippen molar-refractivity contribution in [2.45, 2.75) is 39.4 Å². The molecule has 0 amide bonds. The molecular weight excluding hydrogens is 324 g/mol. The minimum absolute atomic E-state index is 0.476. The molecule has 2 aromatic carbocycles. The lowest BCUT2D eigenvalue weighted by Crippen LogP contribution is -2.06. The van der Waals surface area contributed by atoms with Crippen molar-refractivity contribution in [3.8, 4) is 22.3 Å². The smallest absolute Gasteiger partial charge is 0.109 e. The Kier molecular flexibility index (Phi) is 4.04. The van der Waals surface area contributed by atoms with Crippen molar-refractivity contribution in [1.29, 1.82) is 0 Å². The van der Waals surface area contributed by atoms with Crippen LogP contribution in [-0.2, 0) is 6.42 Å². The average Bonchev–Trinajstić information content (AvgIpc) is 2.88. The minimum Gasteiger partial charge on any atom is -0.465 e. The monoisotopic (exact) mass is 348 g/mol. The molecule has 0 saturated heterocycles. The van der Waals surface area contributed by atoms with Crippen molar-refractivity contribution in [2.75, 3.05) is 6.26 Å². The van der Waals surface area contributed by atoms with E-state index in [1.165, 1.54) is 44.5 Å². The Bertz CT molecular complexity index is 964. The van der Waals surface area contributed by atoms with Gasteiger partial charge in [0.2, 0.25) is 0 Å². The molecule has 3 aromatic rings. The molecule has 4 bridgehead atoms. The Hall–Kier alpha value is -1.93. The first kappa shape index (κ1) is 16.5. The molecule has 0 aliphatic heterocycles. The fourth-order valence-electron chi connectivity index (χ4n) is 4.30. The van der Waals surface area contributed by atoms with Crippen LogP contribution in [-0.4, -0.2) is 6.26 Å². The summed E-state index contributed by atoms with van der Waals surface area (Å²) in [4.78, 5) is 0. The summed E-state index contributed by atoms with van der Waals surface area (Å²) in [6.45, 7) is 8.71. The van der Waals surface area contributed by atoms with Gasteiger partial charge in [-0.05, 0) is 73.8 Å². The maximum absolute atomic E-state index is 6.11. The minimum atomic E-state index is 0.476. The fourth-order valence-corrected chi connectivity index (χ4v) is 5.16. The molecule has 0 fully saturated rings. The first-order chi connectivity index (χ1) is 12.0. The van der Waals surface area contributed by atoms with Crippen molar-refractivity contribution in [3.63, 3.8) is 0 Å². The van der Waals surface area contributed by atoms with Crippen LogP contribution >= 0.6 is 11.8 Å². The molecule has 1 unspecified atom stereocenters. The summed E-state index contributed by atoms with van der Waals surface area (Å²) >= 11 is 1.95. The van der Waals surface area contributed by atoms with E-state index in [2.05, 4.69) is 70.3 Å². The molecule has 25 heavy (non-hydrogen) atoms. The fraction of sp³-hybridized carbons (Fsp3) is 0.304. The third kappa shape index (κ3) is 2.46. The average molecular weight is 349 g/mol. The van der Waals surface area contributed by atoms with Gasteiger partial charge in [-0.1, -0.05) is 36.4 Å². The van der Waals surface area contributed by atoms with Crippen LogP contribution in [0.5, 0.6) is 0 Å². The Morgan fingerprint density at radius 2 is 1.44 bits per heavy atom. The van der Waals surface area contributed by atoms with Crippen molar-refractivity contribution >= 4 is 11.8 Å². The summed E-state index contributed by atoms with van der Waals surface area (Å²) in [5.74, 6) is 2.03. The van der Waals surface area contributed by atoms with Gasteiger partial charge in [0, 0.05) is 16.4 Å². The molecular formula is C23H24OS. The summed E-state index contributed by atoms with van der Waals surface area (Å²) < 4.78 is 6.11. The third-order valence-electron chi connectivity index (χ3n) is 5.66. The highest BCUT2D eigenvalue weighted by atomic mass is 32.2. The molecule has 2 heteroatoms. The molecule has 0 spiro atoms. The van der Waals surface area contributed by atoms with Crippen molar-refractivity contribution in [2.24, 2.45) is 0 Å². The van der Waals surface area contributed by atoms with Crippen LogP contribution in [0.1, 0.15) is 39.0 Å². The summed E-state index contributed by atoms with van der Waals surface area (Å²) in [7, 11) is 0. The molecule has 1 aromatic heterocycles. The number of thioether (sulfide) groups is 1. The van der Waals surface area contributed by atoms with Crippen LogP contribution in [0.3, 0.4) is 0 Å². The van der Waals surface area contributed by atoms with E-state index in [-0.39, 0.29) is 0 Å². The van der Waals surface area contributed by atoms with Crippen LogP contribution in [0.25, 0.3) is 22.3 Å². The second kappa shape index (κ2) is 6.10. The lowest BCUT2D eigenvalue weighted by atomic mass is 9.84. The van der Waals surface area contributed by atoms with Crippen LogP contribution < -0.4 is 0 Å². The molecule has 128 valence electrons. The second-order valence-electron chi connectivity index (χ2n) is 7.00. The number of rotatable bonds is 1. The van der Waals surface area contributed by atoms with Gasteiger partial charge in [0.15, 0.2) is 0 Å². The van der Waals surface area contributed by atoms with E-state index in [4.69, 9.17) is 4.42 Å². The molecule has 1 heterocycles. The van der Waals surface area contributed by atoms with E-state index in [1.807, 2.05) is 11.8 Å². The highest BCUT2D eigenvalue weighted by Crippen LogP contribution is 2.46. The number of benzene rings is 2. The van der Waals surface area contributed by atoms with Gasteiger partial charge >= 0.3 is 0 Å². The van der Waals surface area contributed by atoms with Gasteiger partial charge in [-0.15, -0.1) is 0 Å². The highest BCUT2D eigenvalue weighted by molar-refractivity contribution is 7.98. The van der Waals surface area contributed by atoms with Crippen LogP contribution in [0.4, 0.5) is 0 Å². The lowest BCUT2D eigenvalue weighted by Gasteiger charge is -2.23. The SMILES string of the molecule is CSC1Cc2cccc(c2C)-c2c(C)oc(C)c2-c2cccc1c2C. The first-order valence-corrected chi connectivity index (χ1v) is 10.1. The summed E-state index contributed by atoms with van der Waals surface area (Å²) in [5, 5.41) is 0.476. The van der Waals surface area contributed by atoms with Gasteiger partial charge in [0.25, 0.3) is 0 Å². The number of hydrogen-bond acceptors (Lipinski definition) is 2.